The lowest BCUT2D eigenvalue weighted by molar-refractivity contribution is 0.0734. The van der Waals surface area contributed by atoms with E-state index in [-0.39, 0.29) is 16.2 Å². The van der Waals surface area contributed by atoms with Crippen molar-refractivity contribution in [3.63, 3.8) is 0 Å². The molecule has 10 heteroatoms. The number of aryl methyl sites for hydroxylation is 1. The van der Waals surface area contributed by atoms with E-state index in [2.05, 4.69) is 15.2 Å². The number of halogens is 1. The first-order valence-corrected chi connectivity index (χ1v) is 13.2. The first-order valence-electron chi connectivity index (χ1n) is 11.3. The number of rotatable bonds is 8. The van der Waals surface area contributed by atoms with Crippen LogP contribution in [0.25, 0.3) is 0 Å². The number of sulfonamides is 1. The van der Waals surface area contributed by atoms with E-state index in [4.69, 9.17) is 16.3 Å². The predicted octanol–water partition coefficient (Wildman–Crippen LogP) is 5.43. The van der Waals surface area contributed by atoms with Gasteiger partial charge in [-0.25, -0.2) is 18.6 Å². The Morgan fingerprint density at radius 2 is 1.47 bits per heavy atom. The van der Waals surface area contributed by atoms with E-state index in [1.807, 2.05) is 6.92 Å². The molecule has 0 aliphatic carbocycles. The number of hydrogen-bond donors (Lipinski definition) is 2. The Balaban J connectivity index is 1.37. The fourth-order valence-corrected chi connectivity index (χ4v) is 4.46. The highest BCUT2D eigenvalue weighted by atomic mass is 35.5. The van der Waals surface area contributed by atoms with E-state index < -0.39 is 21.9 Å². The van der Waals surface area contributed by atoms with Crippen molar-refractivity contribution in [1.82, 2.24) is 5.43 Å². The van der Waals surface area contributed by atoms with Crippen molar-refractivity contribution in [3.8, 4) is 5.75 Å². The topological polar surface area (TPSA) is 114 Å². The van der Waals surface area contributed by atoms with Crippen LogP contribution >= 0.6 is 11.6 Å². The normalized spacial score (nSPS) is 11.2. The Hall–Kier alpha value is -4.47. The first kappa shape index (κ1) is 26.6. The van der Waals surface area contributed by atoms with Crippen molar-refractivity contribution < 1.29 is 22.7 Å². The second-order valence-electron chi connectivity index (χ2n) is 8.13. The SMILES string of the molecule is Cc1ccc(S(=O)(=O)Nc2ccc(C(=O)N/N=C\c3ccccc3OC(=O)c3ccc(Cl)cc3)cc2)cc1. The first-order chi connectivity index (χ1) is 18.2. The second-order valence-corrected chi connectivity index (χ2v) is 10.2. The van der Waals surface area contributed by atoms with Crippen LogP contribution in [0.1, 0.15) is 31.8 Å². The molecule has 0 atom stereocenters. The maximum Gasteiger partial charge on any atom is 0.343 e. The second kappa shape index (κ2) is 11.7. The molecule has 0 radical (unpaired) electrons. The van der Waals surface area contributed by atoms with Crippen molar-refractivity contribution in [3.05, 3.63) is 124 Å². The highest BCUT2D eigenvalue weighted by Gasteiger charge is 2.15. The lowest BCUT2D eigenvalue weighted by atomic mass is 10.2. The minimum atomic E-state index is -3.76. The van der Waals surface area contributed by atoms with E-state index in [1.165, 1.54) is 42.6 Å². The van der Waals surface area contributed by atoms with Gasteiger partial charge in [-0.15, -0.1) is 0 Å². The number of nitrogens with one attached hydrogen (secondary N) is 2. The number of nitrogens with zero attached hydrogens (tertiary/aromatic N) is 1. The van der Waals surface area contributed by atoms with Gasteiger partial charge in [0.25, 0.3) is 15.9 Å². The molecule has 0 saturated heterocycles. The van der Waals surface area contributed by atoms with Crippen molar-refractivity contribution >= 4 is 45.4 Å². The molecule has 0 aromatic heterocycles. The van der Waals surface area contributed by atoms with E-state index in [0.29, 0.717) is 21.8 Å². The Kier molecular flexibility index (Phi) is 8.20. The van der Waals surface area contributed by atoms with Gasteiger partial charge in [0.2, 0.25) is 0 Å². The zero-order valence-corrected chi connectivity index (χ0v) is 21.7. The van der Waals surface area contributed by atoms with Crippen molar-refractivity contribution in [2.24, 2.45) is 5.10 Å². The lowest BCUT2D eigenvalue weighted by Gasteiger charge is -2.09. The van der Waals surface area contributed by atoms with Crippen LogP contribution in [0.2, 0.25) is 5.02 Å². The molecule has 4 aromatic carbocycles. The average molecular weight is 548 g/mol. The molecule has 38 heavy (non-hydrogen) atoms. The fraction of sp³-hybridized carbons (Fsp3) is 0.0357. The third kappa shape index (κ3) is 6.84. The van der Waals surface area contributed by atoms with Gasteiger partial charge in [-0.3, -0.25) is 9.52 Å². The number of carbonyl (C=O) groups excluding carboxylic acids is 2. The zero-order valence-electron chi connectivity index (χ0n) is 20.1. The van der Waals surface area contributed by atoms with Crippen LogP contribution in [-0.2, 0) is 10.0 Å². The van der Waals surface area contributed by atoms with E-state index >= 15 is 0 Å². The molecule has 0 unspecified atom stereocenters. The quantitative estimate of drug-likeness (QED) is 0.132. The van der Waals surface area contributed by atoms with Crippen LogP contribution < -0.4 is 14.9 Å². The van der Waals surface area contributed by atoms with Gasteiger partial charge in [0, 0.05) is 21.8 Å². The average Bonchev–Trinajstić information content (AvgIpc) is 2.90. The van der Waals surface area contributed by atoms with Gasteiger partial charge in [0.15, 0.2) is 0 Å². The number of esters is 1. The van der Waals surface area contributed by atoms with Crippen molar-refractivity contribution in [2.75, 3.05) is 4.72 Å². The number of para-hydroxylation sites is 1. The standard InChI is InChI=1S/C28H22ClN3O5S/c1-19-6-16-25(17-7-19)38(35,36)32-24-14-10-20(11-15-24)27(33)31-30-18-22-4-2-3-5-26(22)37-28(34)21-8-12-23(29)13-9-21/h2-18,32H,1H3,(H,31,33)/b30-18-. The minimum Gasteiger partial charge on any atom is -0.422 e. The Morgan fingerprint density at radius 1 is 0.842 bits per heavy atom. The maximum absolute atomic E-state index is 12.6. The Labute approximate surface area is 225 Å². The molecule has 0 aliphatic heterocycles. The number of amides is 1. The van der Waals surface area contributed by atoms with Gasteiger partial charge in [0.1, 0.15) is 5.75 Å². The molecule has 4 rings (SSSR count). The summed E-state index contributed by atoms with van der Waals surface area (Å²) in [6, 6.07) is 25.4. The van der Waals surface area contributed by atoms with Crippen LogP contribution in [0, 0.1) is 6.92 Å². The third-order valence-corrected chi connectivity index (χ3v) is 6.95. The molecule has 8 nitrogen and oxygen atoms in total. The summed E-state index contributed by atoms with van der Waals surface area (Å²) >= 11 is 5.86. The summed E-state index contributed by atoms with van der Waals surface area (Å²) in [6.07, 6.45) is 1.35. The minimum absolute atomic E-state index is 0.137. The van der Waals surface area contributed by atoms with Crippen LogP contribution in [0.5, 0.6) is 5.75 Å². The molecular formula is C28H22ClN3O5S. The molecule has 192 valence electrons. The van der Waals surface area contributed by atoms with Gasteiger partial charge in [-0.2, -0.15) is 5.10 Å². The molecule has 1 amide bonds. The number of carbonyl (C=O) groups is 2. The van der Waals surface area contributed by atoms with E-state index in [1.54, 1.807) is 60.7 Å². The molecule has 0 fully saturated rings. The zero-order chi connectivity index (χ0) is 27.1. The summed E-state index contributed by atoms with van der Waals surface area (Å²) < 4.78 is 33.0. The molecule has 0 saturated carbocycles. The molecule has 0 bridgehead atoms. The van der Waals surface area contributed by atoms with Crippen LogP contribution in [0.4, 0.5) is 5.69 Å². The molecular weight excluding hydrogens is 526 g/mol. The number of ether oxygens (including phenoxy) is 1. The molecule has 0 aliphatic rings. The molecule has 0 spiro atoms. The van der Waals surface area contributed by atoms with Crippen molar-refractivity contribution in [1.29, 1.82) is 0 Å². The number of hydrogen-bond acceptors (Lipinski definition) is 6. The van der Waals surface area contributed by atoms with Gasteiger partial charge in [-0.1, -0.05) is 41.4 Å². The molecule has 0 heterocycles. The highest BCUT2D eigenvalue weighted by molar-refractivity contribution is 7.92. The Bertz CT molecular complexity index is 1590. The number of benzene rings is 4. The monoisotopic (exact) mass is 547 g/mol. The summed E-state index contributed by atoms with van der Waals surface area (Å²) in [5.74, 6) is -0.815. The summed E-state index contributed by atoms with van der Waals surface area (Å²) in [5, 5.41) is 4.46. The summed E-state index contributed by atoms with van der Waals surface area (Å²) in [7, 11) is -3.76. The van der Waals surface area contributed by atoms with E-state index in [9.17, 15) is 18.0 Å². The van der Waals surface area contributed by atoms with E-state index in [0.717, 1.165) is 5.56 Å². The highest BCUT2D eigenvalue weighted by Crippen LogP contribution is 2.19. The van der Waals surface area contributed by atoms with Gasteiger partial charge in [-0.05, 0) is 79.7 Å². The fourth-order valence-electron chi connectivity index (χ4n) is 3.27. The summed E-state index contributed by atoms with van der Waals surface area (Å²) in [6.45, 7) is 1.87. The number of hydrazone groups is 1. The van der Waals surface area contributed by atoms with Crippen molar-refractivity contribution in [2.45, 2.75) is 11.8 Å². The van der Waals surface area contributed by atoms with Crippen LogP contribution in [0.3, 0.4) is 0 Å². The van der Waals surface area contributed by atoms with Gasteiger partial charge < -0.3 is 4.74 Å². The summed E-state index contributed by atoms with van der Waals surface area (Å²) in [5.41, 5.74) is 4.72. The molecule has 4 aromatic rings. The van der Waals surface area contributed by atoms with Gasteiger partial charge >= 0.3 is 5.97 Å². The maximum atomic E-state index is 12.6. The summed E-state index contributed by atoms with van der Waals surface area (Å²) in [4.78, 5) is 25.1. The predicted molar refractivity (Wildman–Crippen MR) is 146 cm³/mol. The third-order valence-electron chi connectivity index (χ3n) is 5.30. The van der Waals surface area contributed by atoms with Gasteiger partial charge in [0.05, 0.1) is 16.7 Å². The Morgan fingerprint density at radius 3 is 2.16 bits per heavy atom. The van der Waals surface area contributed by atoms with Crippen LogP contribution in [-0.4, -0.2) is 26.5 Å². The largest absolute Gasteiger partial charge is 0.422 e. The number of anilines is 1. The smallest absolute Gasteiger partial charge is 0.343 e. The van der Waals surface area contributed by atoms with Crippen LogP contribution in [0.15, 0.2) is 107 Å². The lowest BCUT2D eigenvalue weighted by Crippen LogP contribution is -2.18. The molecule has 2 N–H and O–H groups in total.